The minimum atomic E-state index is -3.23. The van der Waals surface area contributed by atoms with E-state index in [0.717, 1.165) is 27.6 Å². The number of amides is 1. The van der Waals surface area contributed by atoms with Gasteiger partial charge in [0, 0.05) is 36.2 Å². The number of carbonyl (C=O) groups excluding carboxylic acids is 1. The molecule has 2 atom stereocenters. The molecule has 0 radical (unpaired) electrons. The van der Waals surface area contributed by atoms with Crippen LogP contribution >= 0.6 is 0 Å². The predicted octanol–water partition coefficient (Wildman–Crippen LogP) is 2.80. The van der Waals surface area contributed by atoms with Gasteiger partial charge in [-0.1, -0.05) is 24.3 Å². The van der Waals surface area contributed by atoms with Crippen LogP contribution in [-0.4, -0.2) is 47.9 Å². The van der Waals surface area contributed by atoms with E-state index in [0.29, 0.717) is 37.6 Å². The third kappa shape index (κ3) is 3.61. The Kier molecular flexibility index (Phi) is 4.72. The first-order chi connectivity index (χ1) is 15.2. The lowest BCUT2D eigenvalue weighted by molar-refractivity contribution is -0.118. The molecule has 1 aliphatic carbocycles. The number of nitrogens with zero attached hydrogens (tertiary/aromatic N) is 3. The minimum Gasteiger partial charge on any atom is -0.383 e. The molecule has 1 saturated carbocycles. The SMILES string of the molecule is Cc1ccccc1-c1cc2cc(NC(=O)[C@@H]3C[C@@]34CCN(S(C)(=O)=O)C4)ncc2c(N)n1. The number of rotatable bonds is 4. The van der Waals surface area contributed by atoms with Crippen LogP contribution in [0.4, 0.5) is 11.6 Å². The number of benzene rings is 1. The molecule has 1 amide bonds. The molecule has 2 fully saturated rings. The van der Waals surface area contributed by atoms with Gasteiger partial charge in [-0.05, 0) is 48.3 Å². The molecule has 1 aliphatic heterocycles. The van der Waals surface area contributed by atoms with Gasteiger partial charge in [0.2, 0.25) is 15.9 Å². The van der Waals surface area contributed by atoms with Gasteiger partial charge in [0.25, 0.3) is 0 Å². The molecule has 1 spiro atoms. The highest BCUT2D eigenvalue weighted by Gasteiger charge is 2.61. The second-order valence-corrected chi connectivity index (χ2v) is 10.9. The summed E-state index contributed by atoms with van der Waals surface area (Å²) in [4.78, 5) is 21.8. The van der Waals surface area contributed by atoms with Gasteiger partial charge >= 0.3 is 0 Å². The van der Waals surface area contributed by atoms with Gasteiger partial charge in [0.05, 0.1) is 11.9 Å². The molecule has 32 heavy (non-hydrogen) atoms. The summed E-state index contributed by atoms with van der Waals surface area (Å²) < 4.78 is 25.1. The highest BCUT2D eigenvalue weighted by molar-refractivity contribution is 7.88. The van der Waals surface area contributed by atoms with Gasteiger partial charge in [-0.15, -0.1) is 0 Å². The van der Waals surface area contributed by atoms with Gasteiger partial charge in [-0.2, -0.15) is 0 Å². The van der Waals surface area contributed by atoms with Gasteiger partial charge in [0.15, 0.2) is 0 Å². The zero-order chi connectivity index (χ0) is 22.7. The van der Waals surface area contributed by atoms with Gasteiger partial charge < -0.3 is 11.1 Å². The van der Waals surface area contributed by atoms with Crippen molar-refractivity contribution in [2.75, 3.05) is 30.4 Å². The third-order valence-corrected chi connectivity index (χ3v) is 7.99. The van der Waals surface area contributed by atoms with Crippen LogP contribution in [-0.2, 0) is 14.8 Å². The number of pyridine rings is 2. The number of nitrogen functional groups attached to an aromatic ring is 1. The second-order valence-electron chi connectivity index (χ2n) is 8.95. The Morgan fingerprint density at radius 1 is 1.28 bits per heavy atom. The topological polar surface area (TPSA) is 118 Å². The van der Waals surface area contributed by atoms with Crippen LogP contribution in [0.5, 0.6) is 0 Å². The van der Waals surface area contributed by atoms with Crippen molar-refractivity contribution >= 4 is 38.3 Å². The predicted molar refractivity (Wildman–Crippen MR) is 124 cm³/mol. The molecule has 1 aromatic carbocycles. The van der Waals surface area contributed by atoms with E-state index >= 15 is 0 Å². The number of fused-ring (bicyclic) bond motifs is 1. The van der Waals surface area contributed by atoms with Gasteiger partial charge in [-0.3, -0.25) is 4.79 Å². The Morgan fingerprint density at radius 2 is 2.06 bits per heavy atom. The van der Waals surface area contributed by atoms with E-state index in [2.05, 4.69) is 15.3 Å². The van der Waals surface area contributed by atoms with Crippen LogP contribution in [0.2, 0.25) is 0 Å². The molecule has 2 aromatic heterocycles. The van der Waals surface area contributed by atoms with Crippen molar-refractivity contribution in [3.05, 3.63) is 48.2 Å². The number of aromatic nitrogens is 2. The zero-order valence-electron chi connectivity index (χ0n) is 18.0. The van der Waals surface area contributed by atoms with Crippen LogP contribution in [0.1, 0.15) is 18.4 Å². The standard InChI is InChI=1S/C23H25N5O3S/c1-14-5-3-4-6-16(14)19-9-15-10-20(25-12-17(15)21(24)26-19)27-22(29)18-11-23(18)7-8-28(13-23)32(2,30)31/h3-6,9-10,12,18H,7-8,11,13H2,1-2H3,(H2,24,26)(H,25,27,29)/t18-,23+/m0/s1. The Morgan fingerprint density at radius 3 is 2.78 bits per heavy atom. The van der Waals surface area contributed by atoms with Crippen molar-refractivity contribution in [2.24, 2.45) is 11.3 Å². The van der Waals surface area contributed by atoms with E-state index in [9.17, 15) is 13.2 Å². The van der Waals surface area contributed by atoms with E-state index in [1.54, 1.807) is 12.3 Å². The Bertz CT molecular complexity index is 1360. The Labute approximate surface area is 186 Å². The quantitative estimate of drug-likeness (QED) is 0.630. The molecule has 3 N–H and O–H groups in total. The lowest BCUT2D eigenvalue weighted by Gasteiger charge is -2.13. The summed E-state index contributed by atoms with van der Waals surface area (Å²) >= 11 is 0. The van der Waals surface area contributed by atoms with Gasteiger partial charge in [0.1, 0.15) is 11.6 Å². The molecule has 9 heteroatoms. The maximum absolute atomic E-state index is 12.9. The van der Waals surface area contributed by atoms with Crippen LogP contribution < -0.4 is 11.1 Å². The first-order valence-corrected chi connectivity index (χ1v) is 12.4. The summed E-state index contributed by atoms with van der Waals surface area (Å²) in [6.07, 6.45) is 4.25. The number of nitrogens with two attached hydrogens (primary N) is 1. The van der Waals surface area contributed by atoms with E-state index in [4.69, 9.17) is 5.73 Å². The van der Waals surface area contributed by atoms with Crippen LogP contribution in [0, 0.1) is 18.3 Å². The number of nitrogens with one attached hydrogen (secondary N) is 1. The monoisotopic (exact) mass is 451 g/mol. The zero-order valence-corrected chi connectivity index (χ0v) is 18.8. The Hall–Kier alpha value is -3.04. The van der Waals surface area contributed by atoms with Crippen molar-refractivity contribution in [3.8, 4) is 11.3 Å². The summed E-state index contributed by atoms with van der Waals surface area (Å²) in [7, 11) is -3.23. The maximum Gasteiger partial charge on any atom is 0.229 e. The van der Waals surface area contributed by atoms with Crippen molar-refractivity contribution < 1.29 is 13.2 Å². The minimum absolute atomic E-state index is 0.117. The number of anilines is 2. The molecule has 0 unspecified atom stereocenters. The van der Waals surface area contributed by atoms with Crippen molar-refractivity contribution in [1.82, 2.24) is 14.3 Å². The lowest BCUT2D eigenvalue weighted by atomic mass is 10.0. The molecular weight excluding hydrogens is 426 g/mol. The first-order valence-electron chi connectivity index (χ1n) is 10.5. The fourth-order valence-corrected chi connectivity index (χ4v) is 5.68. The largest absolute Gasteiger partial charge is 0.383 e. The molecule has 8 nitrogen and oxygen atoms in total. The highest BCUT2D eigenvalue weighted by Crippen LogP contribution is 2.59. The fraction of sp³-hybridized carbons (Fsp3) is 0.348. The molecule has 2 aliphatic rings. The van der Waals surface area contributed by atoms with Crippen LogP contribution in [0.25, 0.3) is 22.0 Å². The molecular formula is C23H25N5O3S. The summed E-state index contributed by atoms with van der Waals surface area (Å²) in [5, 5.41) is 4.48. The van der Waals surface area contributed by atoms with E-state index < -0.39 is 10.0 Å². The highest BCUT2D eigenvalue weighted by atomic mass is 32.2. The number of hydrogen-bond donors (Lipinski definition) is 2. The summed E-state index contributed by atoms with van der Waals surface area (Å²) in [6.45, 7) is 2.91. The fourth-order valence-electron chi connectivity index (χ4n) is 4.76. The molecule has 0 bridgehead atoms. The normalized spacial score (nSPS) is 23.0. The van der Waals surface area contributed by atoms with Crippen molar-refractivity contribution in [3.63, 3.8) is 0 Å². The molecule has 3 heterocycles. The Balaban J connectivity index is 1.38. The lowest BCUT2D eigenvalue weighted by Crippen LogP contribution is -2.28. The molecule has 1 saturated heterocycles. The van der Waals surface area contributed by atoms with Gasteiger partial charge in [-0.25, -0.2) is 22.7 Å². The van der Waals surface area contributed by atoms with E-state index in [1.165, 1.54) is 10.6 Å². The third-order valence-electron chi connectivity index (χ3n) is 6.74. The molecule has 166 valence electrons. The number of hydrogen-bond acceptors (Lipinski definition) is 6. The first kappa shape index (κ1) is 20.8. The summed E-state index contributed by atoms with van der Waals surface area (Å²) in [6, 6.07) is 11.7. The van der Waals surface area contributed by atoms with E-state index in [-0.39, 0.29) is 17.2 Å². The maximum atomic E-state index is 12.9. The van der Waals surface area contributed by atoms with Crippen LogP contribution in [0.3, 0.4) is 0 Å². The average molecular weight is 452 g/mol. The molecule has 3 aromatic rings. The van der Waals surface area contributed by atoms with Crippen molar-refractivity contribution in [1.29, 1.82) is 0 Å². The number of aryl methyl sites for hydroxylation is 1. The average Bonchev–Trinajstić information content (AvgIpc) is 3.26. The van der Waals surface area contributed by atoms with E-state index in [1.807, 2.05) is 37.3 Å². The number of carbonyl (C=O) groups is 1. The number of sulfonamides is 1. The molecule has 5 rings (SSSR count). The smallest absolute Gasteiger partial charge is 0.229 e. The summed E-state index contributed by atoms with van der Waals surface area (Å²) in [5.74, 6) is 0.521. The van der Waals surface area contributed by atoms with Crippen molar-refractivity contribution in [2.45, 2.75) is 19.8 Å². The summed E-state index contributed by atoms with van der Waals surface area (Å²) in [5.41, 5.74) is 8.81. The van der Waals surface area contributed by atoms with Crippen LogP contribution in [0.15, 0.2) is 42.6 Å². The second kappa shape index (κ2) is 7.25.